The van der Waals surface area contributed by atoms with Crippen LogP contribution in [0.15, 0.2) is 0 Å². The molecule has 4 saturated carbocycles. The molecule has 0 saturated heterocycles. The van der Waals surface area contributed by atoms with Crippen LogP contribution >= 0.6 is 0 Å². The Hall–Kier alpha value is -0.180. The van der Waals surface area contributed by atoms with Crippen molar-refractivity contribution in [1.82, 2.24) is 0 Å². The summed E-state index contributed by atoms with van der Waals surface area (Å²) in [7, 11) is 0. The second kappa shape index (κ2) is 10.2. The average molecular weight is 425 g/mol. The first-order valence-corrected chi connectivity index (χ1v) is 13.5. The van der Waals surface area contributed by atoms with Crippen LogP contribution in [0.1, 0.15) is 117 Å². The van der Waals surface area contributed by atoms with E-state index in [-0.39, 0.29) is 6.10 Å². The van der Waals surface area contributed by atoms with Crippen molar-refractivity contribution in [2.24, 2.45) is 41.4 Å². The van der Waals surface area contributed by atoms with Crippen molar-refractivity contribution >= 4 is 0 Å². The Kier molecular flexibility index (Phi) is 7.80. The van der Waals surface area contributed by atoms with Gasteiger partial charge in [-0.2, -0.15) is 8.78 Å². The number of halogens is 2. The number of hydrogen-bond acceptors (Lipinski definition) is 1. The van der Waals surface area contributed by atoms with Gasteiger partial charge < -0.3 is 4.74 Å². The second-order valence-corrected chi connectivity index (χ2v) is 11.9. The Morgan fingerprint density at radius 1 is 0.500 bits per heavy atom. The first-order valence-electron chi connectivity index (χ1n) is 13.5. The first kappa shape index (κ1) is 23.0. The van der Waals surface area contributed by atoms with Gasteiger partial charge in [-0.25, -0.2) is 0 Å². The van der Waals surface area contributed by atoms with Crippen molar-refractivity contribution < 1.29 is 13.5 Å². The SMILES string of the molecule is CC1CCC(OC(F)(F)C2CCC(C3CCC(C4CCC(C)CC4)CC3)CC2)CC1. The van der Waals surface area contributed by atoms with Gasteiger partial charge in [0.15, 0.2) is 0 Å². The number of alkyl halides is 2. The molecule has 4 aliphatic carbocycles. The third kappa shape index (κ3) is 5.78. The van der Waals surface area contributed by atoms with E-state index in [2.05, 4.69) is 13.8 Å². The second-order valence-electron chi connectivity index (χ2n) is 11.9. The molecule has 0 atom stereocenters. The highest BCUT2D eigenvalue weighted by molar-refractivity contribution is 4.87. The zero-order chi connectivity index (χ0) is 21.1. The van der Waals surface area contributed by atoms with Crippen LogP contribution in [0.4, 0.5) is 8.78 Å². The summed E-state index contributed by atoms with van der Waals surface area (Å²) in [6.07, 6.45) is 15.2. The van der Waals surface area contributed by atoms with E-state index in [1.165, 1.54) is 51.4 Å². The Morgan fingerprint density at radius 3 is 1.27 bits per heavy atom. The Balaban J connectivity index is 1.18. The van der Waals surface area contributed by atoms with E-state index in [1.807, 2.05) is 0 Å². The van der Waals surface area contributed by atoms with Crippen LogP contribution in [0.5, 0.6) is 0 Å². The maximum absolute atomic E-state index is 14.8. The predicted molar refractivity (Wildman–Crippen MR) is 119 cm³/mol. The van der Waals surface area contributed by atoms with Gasteiger partial charge in [0, 0.05) is 0 Å². The van der Waals surface area contributed by atoms with Crippen LogP contribution in [-0.2, 0) is 4.74 Å². The lowest BCUT2D eigenvalue weighted by Crippen LogP contribution is -2.39. The molecule has 0 aromatic heterocycles. The Labute approximate surface area is 184 Å². The lowest BCUT2D eigenvalue weighted by Gasteiger charge is -2.42. The average Bonchev–Trinajstić information content (AvgIpc) is 2.76. The van der Waals surface area contributed by atoms with Crippen molar-refractivity contribution in [3.05, 3.63) is 0 Å². The molecule has 0 aliphatic heterocycles. The molecular weight excluding hydrogens is 378 g/mol. The van der Waals surface area contributed by atoms with E-state index < -0.39 is 12.0 Å². The summed E-state index contributed by atoms with van der Waals surface area (Å²) in [5.41, 5.74) is 0. The van der Waals surface area contributed by atoms with Gasteiger partial charge in [0.25, 0.3) is 0 Å². The van der Waals surface area contributed by atoms with Crippen LogP contribution in [0.3, 0.4) is 0 Å². The highest BCUT2D eigenvalue weighted by Crippen LogP contribution is 2.48. The van der Waals surface area contributed by atoms with Gasteiger partial charge in [0.2, 0.25) is 0 Å². The van der Waals surface area contributed by atoms with E-state index in [4.69, 9.17) is 4.74 Å². The van der Waals surface area contributed by atoms with Crippen molar-refractivity contribution in [3.8, 4) is 0 Å². The van der Waals surface area contributed by atoms with Crippen LogP contribution < -0.4 is 0 Å². The third-order valence-electron chi connectivity index (χ3n) is 9.74. The lowest BCUT2D eigenvalue weighted by atomic mass is 9.65. The predicted octanol–water partition coefficient (Wildman–Crippen LogP) is 8.61. The molecule has 174 valence electrons. The Bertz CT molecular complexity index is 503. The minimum atomic E-state index is -2.91. The minimum absolute atomic E-state index is 0.216. The molecule has 0 N–H and O–H groups in total. The van der Waals surface area contributed by atoms with Gasteiger partial charge in [0.1, 0.15) is 0 Å². The maximum Gasteiger partial charge on any atom is 0.358 e. The number of ether oxygens (including phenoxy) is 1. The number of rotatable bonds is 5. The molecule has 0 heterocycles. The molecule has 0 amide bonds. The quantitative estimate of drug-likeness (QED) is 0.429. The van der Waals surface area contributed by atoms with Crippen molar-refractivity contribution in [2.45, 2.75) is 129 Å². The lowest BCUT2D eigenvalue weighted by molar-refractivity contribution is -0.302. The summed E-state index contributed by atoms with van der Waals surface area (Å²) in [5, 5.41) is 0. The molecule has 3 heteroatoms. The van der Waals surface area contributed by atoms with Crippen LogP contribution in [0.2, 0.25) is 0 Å². The van der Waals surface area contributed by atoms with Crippen LogP contribution in [0.25, 0.3) is 0 Å². The fraction of sp³-hybridized carbons (Fsp3) is 1.00. The van der Waals surface area contributed by atoms with Gasteiger partial charge in [-0.3, -0.25) is 0 Å². The van der Waals surface area contributed by atoms with Gasteiger partial charge in [-0.1, -0.05) is 26.7 Å². The Morgan fingerprint density at radius 2 is 0.833 bits per heavy atom. The maximum atomic E-state index is 14.8. The zero-order valence-electron chi connectivity index (χ0n) is 19.6. The summed E-state index contributed by atoms with van der Waals surface area (Å²) >= 11 is 0. The summed E-state index contributed by atoms with van der Waals surface area (Å²) < 4.78 is 35.0. The molecule has 0 aromatic carbocycles. The van der Waals surface area contributed by atoms with E-state index in [9.17, 15) is 8.78 Å². The highest BCUT2D eigenvalue weighted by atomic mass is 19.3. The summed E-state index contributed by atoms with van der Waals surface area (Å²) in [5.74, 6) is 4.51. The number of hydrogen-bond donors (Lipinski definition) is 0. The first-order chi connectivity index (χ1) is 14.4. The summed E-state index contributed by atoms with van der Waals surface area (Å²) in [6.45, 7) is 4.63. The van der Waals surface area contributed by atoms with Crippen molar-refractivity contribution in [3.63, 3.8) is 0 Å². The van der Waals surface area contributed by atoms with Crippen molar-refractivity contribution in [1.29, 1.82) is 0 Å². The smallest absolute Gasteiger partial charge is 0.317 e. The molecule has 30 heavy (non-hydrogen) atoms. The van der Waals surface area contributed by atoms with E-state index in [1.54, 1.807) is 0 Å². The third-order valence-corrected chi connectivity index (χ3v) is 9.74. The van der Waals surface area contributed by atoms with E-state index >= 15 is 0 Å². The minimum Gasteiger partial charge on any atom is -0.317 e. The molecule has 0 unspecified atom stereocenters. The van der Waals surface area contributed by atoms with Gasteiger partial charge in [-0.15, -0.1) is 0 Å². The molecular formula is C27H46F2O. The molecule has 0 radical (unpaired) electrons. The largest absolute Gasteiger partial charge is 0.358 e. The normalized spacial score (nSPS) is 44.0. The fourth-order valence-electron chi connectivity index (χ4n) is 7.44. The van der Waals surface area contributed by atoms with Crippen molar-refractivity contribution in [2.75, 3.05) is 0 Å². The van der Waals surface area contributed by atoms with Gasteiger partial charge >= 0.3 is 6.11 Å². The molecule has 4 fully saturated rings. The summed E-state index contributed by atoms with van der Waals surface area (Å²) in [4.78, 5) is 0. The molecule has 0 aromatic rings. The molecule has 0 bridgehead atoms. The summed E-state index contributed by atoms with van der Waals surface area (Å²) in [6, 6.07) is 0. The zero-order valence-corrected chi connectivity index (χ0v) is 19.6. The highest BCUT2D eigenvalue weighted by Gasteiger charge is 2.45. The standard InChI is InChI=1S/C27H46F2O/c1-19-3-7-21(8-4-19)22-9-11-23(12-10-22)24-13-15-25(16-14-24)27(28,29)30-26-17-5-20(2)6-18-26/h19-26H,3-18H2,1-2H3. The monoisotopic (exact) mass is 424 g/mol. The van der Waals surface area contributed by atoms with Crippen LogP contribution in [0, 0.1) is 41.4 Å². The molecule has 4 aliphatic rings. The fourth-order valence-corrected chi connectivity index (χ4v) is 7.44. The van der Waals surface area contributed by atoms with E-state index in [0.29, 0.717) is 24.7 Å². The molecule has 4 rings (SSSR count). The van der Waals surface area contributed by atoms with Gasteiger partial charge in [-0.05, 0) is 125 Å². The van der Waals surface area contributed by atoms with E-state index in [0.717, 1.165) is 62.2 Å². The molecule has 1 nitrogen and oxygen atoms in total. The topological polar surface area (TPSA) is 9.23 Å². The molecule has 0 spiro atoms. The van der Waals surface area contributed by atoms with Crippen LogP contribution in [-0.4, -0.2) is 12.2 Å². The van der Waals surface area contributed by atoms with Gasteiger partial charge in [0.05, 0.1) is 12.0 Å².